The number of amides is 1. The molecule has 1 aliphatic rings. The molecular weight excluding hydrogens is 271 g/mol. The van der Waals surface area contributed by atoms with Crippen LogP contribution in [0.1, 0.15) is 23.7 Å². The van der Waals surface area contributed by atoms with Gasteiger partial charge in [0.1, 0.15) is 0 Å². The quantitative estimate of drug-likeness (QED) is 0.861. The van der Waals surface area contributed by atoms with Crippen molar-refractivity contribution < 1.29 is 4.79 Å². The minimum Gasteiger partial charge on any atom is -0.337 e. The number of hydrogen-bond acceptors (Lipinski definition) is 2. The summed E-state index contributed by atoms with van der Waals surface area (Å²) in [6.07, 6.45) is 0.960. The molecular formula is C13H16Cl2N2O. The van der Waals surface area contributed by atoms with Gasteiger partial charge < -0.3 is 10.2 Å². The molecule has 3 nitrogen and oxygen atoms in total. The lowest BCUT2D eigenvalue weighted by Crippen LogP contribution is -2.39. The Morgan fingerprint density at radius 2 is 2.22 bits per heavy atom. The van der Waals surface area contributed by atoms with Crippen LogP contribution in [-0.2, 0) is 0 Å². The average Bonchev–Trinajstić information content (AvgIpc) is 2.53. The van der Waals surface area contributed by atoms with Crippen molar-refractivity contribution in [3.8, 4) is 0 Å². The van der Waals surface area contributed by atoms with E-state index in [0.717, 1.165) is 19.5 Å². The topological polar surface area (TPSA) is 32.3 Å². The van der Waals surface area contributed by atoms with Gasteiger partial charge in [0.15, 0.2) is 0 Å². The van der Waals surface area contributed by atoms with Gasteiger partial charge in [-0.3, -0.25) is 4.79 Å². The van der Waals surface area contributed by atoms with E-state index in [-0.39, 0.29) is 5.91 Å². The second kappa shape index (κ2) is 5.91. The highest BCUT2D eigenvalue weighted by molar-refractivity contribution is 6.36. The standard InChI is InChI=1S/C13H16Cl2N2O/c1-9-8-17(6-2-5-16-9)13(18)11-4-3-10(14)7-12(11)15/h3-4,7,9,16H,2,5-6,8H2,1H3. The molecule has 1 saturated heterocycles. The van der Waals surface area contributed by atoms with E-state index in [1.54, 1.807) is 18.2 Å². The maximum atomic E-state index is 12.4. The Bertz CT molecular complexity index is 451. The summed E-state index contributed by atoms with van der Waals surface area (Å²) in [7, 11) is 0. The first-order valence-electron chi connectivity index (χ1n) is 6.05. The summed E-state index contributed by atoms with van der Waals surface area (Å²) in [5.41, 5.74) is 0.523. The lowest BCUT2D eigenvalue weighted by Gasteiger charge is -2.23. The van der Waals surface area contributed by atoms with Crippen LogP contribution in [0.3, 0.4) is 0 Å². The fourth-order valence-corrected chi connectivity index (χ4v) is 2.61. The van der Waals surface area contributed by atoms with Crippen molar-refractivity contribution in [2.24, 2.45) is 0 Å². The van der Waals surface area contributed by atoms with Crippen LogP contribution in [0.2, 0.25) is 10.0 Å². The van der Waals surface area contributed by atoms with E-state index >= 15 is 0 Å². The minimum absolute atomic E-state index is 0.0211. The molecule has 1 aromatic carbocycles. The van der Waals surface area contributed by atoms with Gasteiger partial charge in [-0.1, -0.05) is 23.2 Å². The van der Waals surface area contributed by atoms with Crippen molar-refractivity contribution in [3.05, 3.63) is 33.8 Å². The third-order valence-electron chi connectivity index (χ3n) is 3.04. The van der Waals surface area contributed by atoms with E-state index < -0.39 is 0 Å². The smallest absolute Gasteiger partial charge is 0.255 e. The molecule has 1 aliphatic heterocycles. The predicted octanol–water partition coefficient (Wildman–Crippen LogP) is 2.82. The summed E-state index contributed by atoms with van der Waals surface area (Å²) < 4.78 is 0. The van der Waals surface area contributed by atoms with Crippen molar-refractivity contribution in [1.29, 1.82) is 0 Å². The van der Waals surface area contributed by atoms with Crippen molar-refractivity contribution in [2.45, 2.75) is 19.4 Å². The van der Waals surface area contributed by atoms with Gasteiger partial charge >= 0.3 is 0 Å². The molecule has 0 bridgehead atoms. The van der Waals surface area contributed by atoms with Crippen LogP contribution in [0, 0.1) is 0 Å². The summed E-state index contributed by atoms with van der Waals surface area (Å²) in [5.74, 6) is -0.0211. The first kappa shape index (κ1) is 13.7. The normalized spacial score (nSPS) is 20.6. The van der Waals surface area contributed by atoms with Crippen molar-refractivity contribution in [3.63, 3.8) is 0 Å². The van der Waals surface area contributed by atoms with Gasteiger partial charge in [0, 0.05) is 24.2 Å². The average molecular weight is 287 g/mol. The van der Waals surface area contributed by atoms with Gasteiger partial charge in [-0.05, 0) is 38.1 Å². The summed E-state index contributed by atoms with van der Waals surface area (Å²) in [4.78, 5) is 14.2. The van der Waals surface area contributed by atoms with Crippen molar-refractivity contribution in [1.82, 2.24) is 10.2 Å². The number of halogens is 2. The maximum absolute atomic E-state index is 12.4. The third kappa shape index (κ3) is 3.16. The van der Waals surface area contributed by atoms with Crippen molar-refractivity contribution >= 4 is 29.1 Å². The van der Waals surface area contributed by atoms with E-state index in [4.69, 9.17) is 23.2 Å². The van der Waals surface area contributed by atoms with E-state index in [0.29, 0.717) is 28.2 Å². The molecule has 1 aromatic rings. The van der Waals surface area contributed by atoms with Gasteiger partial charge in [-0.15, -0.1) is 0 Å². The second-order valence-electron chi connectivity index (χ2n) is 4.58. The van der Waals surface area contributed by atoms with Gasteiger partial charge in [0.2, 0.25) is 0 Å². The first-order valence-corrected chi connectivity index (χ1v) is 6.81. The minimum atomic E-state index is -0.0211. The molecule has 1 amide bonds. The van der Waals surface area contributed by atoms with Crippen LogP contribution in [0.15, 0.2) is 18.2 Å². The van der Waals surface area contributed by atoms with Crippen LogP contribution in [-0.4, -0.2) is 36.5 Å². The Morgan fingerprint density at radius 3 is 2.94 bits per heavy atom. The number of nitrogens with zero attached hydrogens (tertiary/aromatic N) is 1. The zero-order valence-corrected chi connectivity index (χ0v) is 11.8. The molecule has 0 saturated carbocycles. The van der Waals surface area contributed by atoms with Crippen LogP contribution in [0.5, 0.6) is 0 Å². The van der Waals surface area contributed by atoms with E-state index in [2.05, 4.69) is 12.2 Å². The Kier molecular flexibility index (Phi) is 4.49. The monoisotopic (exact) mass is 286 g/mol. The van der Waals surface area contributed by atoms with Crippen LogP contribution >= 0.6 is 23.2 Å². The molecule has 1 fully saturated rings. The molecule has 18 heavy (non-hydrogen) atoms. The van der Waals surface area contributed by atoms with Gasteiger partial charge in [0.05, 0.1) is 10.6 Å². The number of rotatable bonds is 1. The van der Waals surface area contributed by atoms with Crippen LogP contribution in [0.25, 0.3) is 0 Å². The van der Waals surface area contributed by atoms with Crippen molar-refractivity contribution in [2.75, 3.05) is 19.6 Å². The fourth-order valence-electron chi connectivity index (χ4n) is 2.12. The number of hydrogen-bond donors (Lipinski definition) is 1. The lowest BCUT2D eigenvalue weighted by molar-refractivity contribution is 0.0755. The summed E-state index contributed by atoms with van der Waals surface area (Å²) in [5, 5.41) is 4.31. The Hall–Kier alpha value is -0.770. The van der Waals surface area contributed by atoms with Crippen LogP contribution in [0.4, 0.5) is 0 Å². The summed E-state index contributed by atoms with van der Waals surface area (Å²) in [6, 6.07) is 5.30. The molecule has 0 radical (unpaired) electrons. The molecule has 0 aliphatic carbocycles. The molecule has 1 heterocycles. The largest absolute Gasteiger partial charge is 0.337 e. The van der Waals surface area contributed by atoms with Gasteiger partial charge in [-0.2, -0.15) is 0 Å². The molecule has 5 heteroatoms. The molecule has 1 atom stereocenters. The zero-order chi connectivity index (χ0) is 13.1. The highest BCUT2D eigenvalue weighted by Gasteiger charge is 2.22. The highest BCUT2D eigenvalue weighted by Crippen LogP contribution is 2.22. The van der Waals surface area contributed by atoms with E-state index in [9.17, 15) is 4.79 Å². The molecule has 1 N–H and O–H groups in total. The van der Waals surface area contributed by atoms with E-state index in [1.807, 2.05) is 4.90 Å². The molecule has 2 rings (SSSR count). The first-order chi connectivity index (χ1) is 8.58. The number of benzene rings is 1. The molecule has 0 spiro atoms. The lowest BCUT2D eigenvalue weighted by atomic mass is 10.2. The Morgan fingerprint density at radius 1 is 1.44 bits per heavy atom. The Balaban J connectivity index is 2.19. The predicted molar refractivity (Wildman–Crippen MR) is 74.4 cm³/mol. The zero-order valence-electron chi connectivity index (χ0n) is 10.2. The SMILES string of the molecule is CC1CN(C(=O)c2ccc(Cl)cc2Cl)CCCN1. The summed E-state index contributed by atoms with van der Waals surface area (Å²) in [6.45, 7) is 4.49. The van der Waals surface area contributed by atoms with Gasteiger partial charge in [0.25, 0.3) is 5.91 Å². The van der Waals surface area contributed by atoms with E-state index in [1.165, 1.54) is 0 Å². The molecule has 1 unspecified atom stereocenters. The Labute approximate surface area is 117 Å². The fraction of sp³-hybridized carbons (Fsp3) is 0.462. The number of nitrogens with one attached hydrogen (secondary N) is 1. The summed E-state index contributed by atoms with van der Waals surface area (Å²) >= 11 is 11.9. The highest BCUT2D eigenvalue weighted by atomic mass is 35.5. The third-order valence-corrected chi connectivity index (χ3v) is 3.59. The van der Waals surface area contributed by atoms with Crippen LogP contribution < -0.4 is 5.32 Å². The number of carbonyl (C=O) groups excluding carboxylic acids is 1. The molecule has 0 aromatic heterocycles. The maximum Gasteiger partial charge on any atom is 0.255 e. The second-order valence-corrected chi connectivity index (χ2v) is 5.43. The number of carbonyl (C=O) groups is 1. The molecule has 98 valence electrons. The van der Waals surface area contributed by atoms with Gasteiger partial charge in [-0.25, -0.2) is 0 Å².